The van der Waals surface area contributed by atoms with Gasteiger partial charge in [0.05, 0.1) is 0 Å². The van der Waals surface area contributed by atoms with Crippen molar-refractivity contribution in [1.29, 1.82) is 0 Å². The van der Waals surface area contributed by atoms with E-state index in [1.54, 1.807) is 36.7 Å². The maximum Gasteiger partial charge on any atom is 0.280 e. The summed E-state index contributed by atoms with van der Waals surface area (Å²) in [5.41, 5.74) is 1.04. The van der Waals surface area contributed by atoms with Crippen LogP contribution in [-0.4, -0.2) is 15.9 Å². The van der Waals surface area contributed by atoms with Crippen molar-refractivity contribution in [3.8, 4) is 0 Å². The van der Waals surface area contributed by atoms with Crippen LogP contribution in [0, 0.1) is 0 Å². The monoisotopic (exact) mass is 187 g/mol. The van der Waals surface area contributed by atoms with Crippen LogP contribution in [-0.2, 0) is 0 Å². The number of aromatic nitrogens is 2. The van der Waals surface area contributed by atoms with Crippen LogP contribution in [0.5, 0.6) is 0 Å². The number of amides is 1. The number of carbonyl (C=O) groups excluding carboxylic acids is 1. The first-order chi connectivity index (χ1) is 6.86. The van der Waals surface area contributed by atoms with Gasteiger partial charge in [0.25, 0.3) is 5.91 Å². The van der Waals surface area contributed by atoms with E-state index in [1.165, 1.54) is 0 Å². The van der Waals surface area contributed by atoms with E-state index in [0.29, 0.717) is 11.2 Å². The molecule has 70 valence electrons. The number of nitrogens with one attached hydrogen (secondary N) is 2. The number of carbonyl (C=O) groups is 1. The molecule has 0 unspecified atom stereocenters. The van der Waals surface area contributed by atoms with E-state index in [4.69, 9.17) is 0 Å². The number of nitrogens with zero attached hydrogens (tertiary/aromatic N) is 1. The lowest BCUT2D eigenvalue weighted by Gasteiger charge is -1.91. The second kappa shape index (κ2) is 3.74. The Balaban J connectivity index is 2.32. The van der Waals surface area contributed by atoms with Gasteiger partial charge in [-0.25, -0.2) is 0 Å². The van der Waals surface area contributed by atoms with E-state index >= 15 is 0 Å². The van der Waals surface area contributed by atoms with Crippen molar-refractivity contribution in [2.24, 2.45) is 4.99 Å². The minimum absolute atomic E-state index is 0.260. The van der Waals surface area contributed by atoms with Crippen LogP contribution < -0.4 is 5.62 Å². The van der Waals surface area contributed by atoms with Crippen LogP contribution >= 0.6 is 0 Å². The topological polar surface area (TPSA) is 61.0 Å². The van der Waals surface area contributed by atoms with Crippen molar-refractivity contribution in [1.82, 2.24) is 9.97 Å². The first-order valence-corrected chi connectivity index (χ1v) is 4.22. The number of H-pyrrole nitrogens is 2. The van der Waals surface area contributed by atoms with E-state index in [0.717, 1.165) is 0 Å². The minimum Gasteiger partial charge on any atom is -0.331 e. The third kappa shape index (κ3) is 1.80. The second-order valence-electron chi connectivity index (χ2n) is 2.75. The molecule has 0 fully saturated rings. The fourth-order valence-electron chi connectivity index (χ4n) is 1.09. The Morgan fingerprint density at radius 1 is 1.07 bits per heavy atom. The van der Waals surface area contributed by atoms with E-state index in [2.05, 4.69) is 15.0 Å². The van der Waals surface area contributed by atoms with E-state index in [9.17, 15) is 4.79 Å². The van der Waals surface area contributed by atoms with Crippen LogP contribution in [0.2, 0.25) is 0 Å². The predicted molar refractivity (Wildman–Crippen MR) is 51.5 cm³/mol. The fourth-order valence-corrected chi connectivity index (χ4v) is 1.09. The van der Waals surface area contributed by atoms with Gasteiger partial charge >= 0.3 is 0 Å². The zero-order valence-corrected chi connectivity index (χ0v) is 7.40. The number of hydrogen-bond acceptors (Lipinski definition) is 1. The first kappa shape index (κ1) is 8.50. The van der Waals surface area contributed by atoms with Crippen LogP contribution in [0.4, 0.5) is 0 Å². The SMILES string of the molecule is O=C(N=c1[nH]cc[nH]1)c1ccccc1. The Kier molecular flexibility index (Phi) is 2.27. The first-order valence-electron chi connectivity index (χ1n) is 4.22. The molecule has 1 amide bonds. The number of imidazole rings is 1. The molecule has 0 atom stereocenters. The highest BCUT2D eigenvalue weighted by molar-refractivity contribution is 5.94. The van der Waals surface area contributed by atoms with Gasteiger partial charge in [-0.2, -0.15) is 4.99 Å². The average Bonchev–Trinajstić information content (AvgIpc) is 2.72. The summed E-state index contributed by atoms with van der Waals surface area (Å²) in [6.45, 7) is 0. The highest BCUT2D eigenvalue weighted by atomic mass is 16.1. The summed E-state index contributed by atoms with van der Waals surface area (Å²) in [6.07, 6.45) is 3.36. The van der Waals surface area contributed by atoms with Crippen LogP contribution in [0.3, 0.4) is 0 Å². The van der Waals surface area contributed by atoms with Crippen LogP contribution in [0.15, 0.2) is 47.7 Å². The molecule has 0 aliphatic heterocycles. The molecule has 0 aliphatic carbocycles. The predicted octanol–water partition coefficient (Wildman–Crippen LogP) is 1.08. The molecule has 4 nitrogen and oxygen atoms in total. The van der Waals surface area contributed by atoms with Gasteiger partial charge in [-0.1, -0.05) is 18.2 Å². The van der Waals surface area contributed by atoms with Crippen molar-refractivity contribution < 1.29 is 4.79 Å². The van der Waals surface area contributed by atoms with Crippen molar-refractivity contribution in [2.75, 3.05) is 0 Å². The number of rotatable bonds is 1. The highest BCUT2D eigenvalue weighted by Crippen LogP contribution is 1.99. The molecule has 2 aromatic rings. The number of hydrogen-bond donors (Lipinski definition) is 2. The lowest BCUT2D eigenvalue weighted by Crippen LogP contribution is -2.09. The smallest absolute Gasteiger partial charge is 0.280 e. The van der Waals surface area contributed by atoms with Gasteiger partial charge in [-0.15, -0.1) is 0 Å². The summed E-state index contributed by atoms with van der Waals surface area (Å²) in [5.74, 6) is -0.260. The van der Waals surface area contributed by atoms with Gasteiger partial charge in [0, 0.05) is 18.0 Å². The zero-order valence-electron chi connectivity index (χ0n) is 7.40. The third-order valence-electron chi connectivity index (χ3n) is 1.76. The molecule has 1 heterocycles. The van der Waals surface area contributed by atoms with E-state index in [1.807, 2.05) is 6.07 Å². The molecular formula is C10H9N3O. The third-order valence-corrected chi connectivity index (χ3v) is 1.76. The molecule has 0 spiro atoms. The van der Waals surface area contributed by atoms with E-state index in [-0.39, 0.29) is 5.91 Å². The maximum absolute atomic E-state index is 11.5. The molecule has 1 aromatic carbocycles. The lowest BCUT2D eigenvalue weighted by atomic mass is 10.2. The molecule has 0 saturated carbocycles. The van der Waals surface area contributed by atoms with Gasteiger partial charge in [0.2, 0.25) is 5.62 Å². The quantitative estimate of drug-likeness (QED) is 0.689. The molecular weight excluding hydrogens is 178 g/mol. The Morgan fingerprint density at radius 2 is 1.71 bits per heavy atom. The van der Waals surface area contributed by atoms with Crippen molar-refractivity contribution in [2.45, 2.75) is 0 Å². The lowest BCUT2D eigenvalue weighted by molar-refractivity contribution is 0.0997. The average molecular weight is 187 g/mol. The normalized spacial score (nSPS) is 9.71. The summed E-state index contributed by atoms with van der Waals surface area (Å²) in [5, 5.41) is 0. The van der Waals surface area contributed by atoms with E-state index < -0.39 is 0 Å². The molecule has 0 bridgehead atoms. The molecule has 0 radical (unpaired) electrons. The molecule has 0 aliphatic rings. The van der Waals surface area contributed by atoms with Gasteiger partial charge in [-0.05, 0) is 12.1 Å². The van der Waals surface area contributed by atoms with Gasteiger partial charge in [-0.3, -0.25) is 4.79 Å². The molecule has 2 N–H and O–H groups in total. The summed E-state index contributed by atoms with van der Waals surface area (Å²) in [7, 11) is 0. The highest BCUT2D eigenvalue weighted by Gasteiger charge is 2.00. The van der Waals surface area contributed by atoms with Gasteiger partial charge in [0.15, 0.2) is 0 Å². The van der Waals surface area contributed by atoms with Crippen molar-refractivity contribution in [3.63, 3.8) is 0 Å². The fraction of sp³-hybridized carbons (Fsp3) is 0. The van der Waals surface area contributed by atoms with Gasteiger partial charge < -0.3 is 9.97 Å². The van der Waals surface area contributed by atoms with Crippen LogP contribution in [0.25, 0.3) is 0 Å². The Labute approximate surface area is 80.3 Å². The molecule has 14 heavy (non-hydrogen) atoms. The Morgan fingerprint density at radius 3 is 2.36 bits per heavy atom. The molecule has 4 heteroatoms. The summed E-state index contributed by atoms with van der Waals surface area (Å²) >= 11 is 0. The van der Waals surface area contributed by atoms with Gasteiger partial charge in [0.1, 0.15) is 0 Å². The maximum atomic E-state index is 11.5. The molecule has 1 aromatic heterocycles. The number of aromatic amines is 2. The van der Waals surface area contributed by atoms with Crippen molar-refractivity contribution in [3.05, 3.63) is 53.9 Å². The summed E-state index contributed by atoms with van der Waals surface area (Å²) in [4.78, 5) is 20.9. The second-order valence-corrected chi connectivity index (χ2v) is 2.75. The molecule has 0 saturated heterocycles. The Hall–Kier alpha value is -2.10. The molecule has 2 rings (SSSR count). The minimum atomic E-state index is -0.260. The summed E-state index contributed by atoms with van der Waals surface area (Å²) < 4.78 is 0. The summed E-state index contributed by atoms with van der Waals surface area (Å²) in [6, 6.07) is 8.93. The standard InChI is InChI=1S/C10H9N3O/c14-9(8-4-2-1-3-5-8)13-10-11-6-7-12-10/h1-7H,(H2,11,12,13,14). The van der Waals surface area contributed by atoms with Crippen LogP contribution in [0.1, 0.15) is 10.4 Å². The largest absolute Gasteiger partial charge is 0.331 e. The zero-order chi connectivity index (χ0) is 9.80. The van der Waals surface area contributed by atoms with Crippen molar-refractivity contribution >= 4 is 5.91 Å². The Bertz CT molecular complexity index is 465. The number of benzene rings is 1.